The molecule has 3 atom stereocenters. The Labute approximate surface area is 257 Å². The van der Waals surface area contributed by atoms with Crippen molar-refractivity contribution in [3.63, 3.8) is 0 Å². The Hall–Kier alpha value is -3.64. The Kier molecular flexibility index (Phi) is 7.61. The highest BCUT2D eigenvalue weighted by Gasteiger charge is 2.56. The number of anilines is 2. The van der Waals surface area contributed by atoms with Crippen molar-refractivity contribution >= 4 is 75.4 Å². The molecule has 6 rings (SSSR count). The first-order chi connectivity index (χ1) is 20.2. The molecule has 4 aromatic rings. The van der Waals surface area contributed by atoms with Crippen molar-refractivity contribution in [1.82, 2.24) is 4.57 Å². The van der Waals surface area contributed by atoms with E-state index in [4.69, 9.17) is 27.9 Å². The van der Waals surface area contributed by atoms with Crippen LogP contribution in [-0.4, -0.2) is 34.6 Å². The lowest BCUT2D eigenvalue weighted by molar-refractivity contribution is -0.122. The van der Waals surface area contributed by atoms with Crippen LogP contribution in [0.25, 0.3) is 0 Å². The average molecular weight is 645 g/mol. The number of hydrogen-bond acceptors (Lipinski definition) is 7. The highest BCUT2D eigenvalue weighted by atomic mass is 35.5. The zero-order valence-electron chi connectivity index (χ0n) is 21.7. The molecule has 1 saturated heterocycles. The monoisotopic (exact) mass is 643 g/mol. The number of nitrogens with zero attached hydrogens (tertiary/aromatic N) is 2. The molecule has 2 aliphatic rings. The Balaban J connectivity index is 1.40. The number of nitrogens with one attached hydrogen (secondary N) is 1. The van der Waals surface area contributed by atoms with Crippen LogP contribution >= 0.6 is 46.3 Å². The maximum atomic E-state index is 13.9. The van der Waals surface area contributed by atoms with E-state index >= 15 is 0 Å². The molecule has 0 spiro atoms. The topological polar surface area (TPSA) is 97.7 Å². The number of ether oxygens (including phenoxy) is 1. The molecule has 1 aromatic heterocycles. The van der Waals surface area contributed by atoms with E-state index in [2.05, 4.69) is 5.32 Å². The van der Waals surface area contributed by atoms with Crippen LogP contribution in [-0.2, 0) is 20.9 Å². The highest BCUT2D eigenvalue weighted by Crippen LogP contribution is 2.54. The molecule has 13 heteroatoms. The van der Waals surface area contributed by atoms with E-state index in [1.165, 1.54) is 42.0 Å². The summed E-state index contributed by atoms with van der Waals surface area (Å²) in [5, 5.41) is 2.88. The first-order valence-corrected chi connectivity index (χ1v) is 15.0. The molecule has 0 unspecified atom stereocenters. The number of carbonyl (C=O) groups excluding carboxylic acids is 3. The Morgan fingerprint density at radius 3 is 2.36 bits per heavy atom. The van der Waals surface area contributed by atoms with Gasteiger partial charge in [0.15, 0.2) is 0 Å². The van der Waals surface area contributed by atoms with Gasteiger partial charge in [0.05, 0.1) is 33.8 Å². The van der Waals surface area contributed by atoms with Crippen LogP contribution in [0.1, 0.15) is 16.4 Å². The number of carbonyl (C=O) groups is 3. The third kappa shape index (κ3) is 5.00. The first-order valence-electron chi connectivity index (χ1n) is 12.6. The van der Waals surface area contributed by atoms with Crippen LogP contribution in [0.2, 0.25) is 10.0 Å². The summed E-state index contributed by atoms with van der Waals surface area (Å²) >= 11 is 14.1. The van der Waals surface area contributed by atoms with Crippen molar-refractivity contribution in [2.24, 2.45) is 5.92 Å². The second-order valence-electron chi connectivity index (χ2n) is 9.60. The zero-order valence-corrected chi connectivity index (χ0v) is 24.8. The lowest BCUT2D eigenvalue weighted by Gasteiger charge is -2.30. The molecular weight excluding hydrogens is 624 g/mol. The van der Waals surface area contributed by atoms with Crippen molar-refractivity contribution in [3.8, 4) is 5.75 Å². The Morgan fingerprint density at radius 1 is 0.976 bits per heavy atom. The molecule has 42 heavy (non-hydrogen) atoms. The number of imide groups is 1. The van der Waals surface area contributed by atoms with Gasteiger partial charge in [-0.05, 0) is 60.2 Å². The number of benzene rings is 3. The summed E-state index contributed by atoms with van der Waals surface area (Å²) in [7, 11) is 1.54. The van der Waals surface area contributed by atoms with E-state index in [0.29, 0.717) is 31.9 Å². The minimum absolute atomic E-state index is 0.261. The van der Waals surface area contributed by atoms with Gasteiger partial charge < -0.3 is 10.1 Å². The van der Waals surface area contributed by atoms with Gasteiger partial charge in [0.1, 0.15) is 23.4 Å². The molecule has 1 fully saturated rings. The first kappa shape index (κ1) is 28.5. The fourth-order valence-corrected chi connectivity index (χ4v) is 8.26. The van der Waals surface area contributed by atoms with Gasteiger partial charge in [0.25, 0.3) is 0 Å². The molecule has 0 saturated carbocycles. The number of amides is 3. The van der Waals surface area contributed by atoms with Gasteiger partial charge in [-0.15, -0.1) is 0 Å². The number of aromatic nitrogens is 1. The molecule has 0 bridgehead atoms. The summed E-state index contributed by atoms with van der Waals surface area (Å²) in [4.78, 5) is 55.2. The van der Waals surface area contributed by atoms with E-state index in [0.717, 1.165) is 28.0 Å². The molecule has 2 aliphatic heterocycles. The number of methoxy groups -OCH3 is 1. The van der Waals surface area contributed by atoms with Crippen molar-refractivity contribution in [3.05, 3.63) is 103 Å². The van der Waals surface area contributed by atoms with Crippen molar-refractivity contribution in [2.75, 3.05) is 17.3 Å². The van der Waals surface area contributed by atoms with Crippen molar-refractivity contribution < 1.29 is 23.5 Å². The molecule has 3 heterocycles. The van der Waals surface area contributed by atoms with Gasteiger partial charge in [-0.3, -0.25) is 23.7 Å². The molecule has 8 nitrogen and oxygen atoms in total. The number of thioether (sulfide) groups is 1. The van der Waals surface area contributed by atoms with E-state index < -0.39 is 45.5 Å². The third-order valence-electron chi connectivity index (χ3n) is 7.11. The van der Waals surface area contributed by atoms with Crippen LogP contribution in [0.5, 0.6) is 5.75 Å². The number of fused-ring (bicyclic) bond motifs is 2. The summed E-state index contributed by atoms with van der Waals surface area (Å²) in [5.74, 6) is -2.77. The van der Waals surface area contributed by atoms with Crippen LogP contribution in [0, 0.1) is 11.7 Å². The van der Waals surface area contributed by atoms with E-state index in [9.17, 15) is 23.6 Å². The predicted molar refractivity (Wildman–Crippen MR) is 161 cm³/mol. The lowest BCUT2D eigenvalue weighted by Crippen LogP contribution is -2.33. The van der Waals surface area contributed by atoms with Gasteiger partial charge >= 0.3 is 4.87 Å². The molecule has 3 aromatic carbocycles. The van der Waals surface area contributed by atoms with Gasteiger partial charge in [-0.25, -0.2) is 9.29 Å². The van der Waals surface area contributed by atoms with Crippen LogP contribution in [0.15, 0.2) is 76.6 Å². The summed E-state index contributed by atoms with van der Waals surface area (Å²) in [5.41, 5.74) is 1.38. The van der Waals surface area contributed by atoms with E-state index in [1.54, 1.807) is 36.4 Å². The fraction of sp³-hybridized carbons (Fsp3) is 0.172. The largest absolute Gasteiger partial charge is 0.497 e. The number of thiazole rings is 1. The zero-order chi connectivity index (χ0) is 29.7. The van der Waals surface area contributed by atoms with Crippen LogP contribution < -0.4 is 19.8 Å². The second-order valence-corrected chi connectivity index (χ2v) is 12.5. The maximum Gasteiger partial charge on any atom is 0.308 e. The van der Waals surface area contributed by atoms with Gasteiger partial charge in [-0.2, -0.15) is 0 Å². The predicted octanol–water partition coefficient (Wildman–Crippen LogP) is 5.80. The number of hydrogen-bond donors (Lipinski definition) is 1. The summed E-state index contributed by atoms with van der Waals surface area (Å²) in [6.45, 7) is -0.325. The van der Waals surface area contributed by atoms with E-state index in [-0.39, 0.29) is 17.3 Å². The van der Waals surface area contributed by atoms with Gasteiger partial charge in [0.2, 0.25) is 17.7 Å². The summed E-state index contributed by atoms with van der Waals surface area (Å²) in [6.07, 6.45) is 0. The maximum absolute atomic E-state index is 13.9. The minimum atomic E-state index is -0.875. The van der Waals surface area contributed by atoms with Crippen LogP contribution in [0.3, 0.4) is 0 Å². The highest BCUT2D eigenvalue weighted by molar-refractivity contribution is 8.00. The summed E-state index contributed by atoms with van der Waals surface area (Å²) in [6, 6.07) is 16.9. The third-order valence-corrected chi connectivity index (χ3v) is 10.5. The molecule has 0 radical (unpaired) electrons. The molecular formula is C29H20Cl2FN3O5S2. The van der Waals surface area contributed by atoms with Gasteiger partial charge in [0, 0.05) is 16.5 Å². The number of halogens is 3. The van der Waals surface area contributed by atoms with E-state index in [1.807, 2.05) is 0 Å². The molecule has 3 amide bonds. The number of rotatable bonds is 6. The standard InChI is InChI=1S/C29H20Cl2FN3O5S2/c1-40-18-9-2-14(3-10-18)22-23-24(27(38)35(26(23)37)17-7-4-15(32)5-8-17)41-28-25(22)42-29(39)34(28)13-21(36)33-16-6-11-19(30)20(31)12-16/h2-12,22-24H,13H2,1H3,(H,33,36)/t22-,23-,24+/m0/s1. The molecule has 214 valence electrons. The van der Waals surface area contributed by atoms with Crippen LogP contribution in [0.4, 0.5) is 15.8 Å². The van der Waals surface area contributed by atoms with Crippen molar-refractivity contribution in [1.29, 1.82) is 0 Å². The lowest BCUT2D eigenvalue weighted by atomic mass is 9.83. The summed E-state index contributed by atoms with van der Waals surface area (Å²) < 4.78 is 20.2. The quantitative estimate of drug-likeness (QED) is 0.267. The average Bonchev–Trinajstić information content (AvgIpc) is 3.41. The smallest absolute Gasteiger partial charge is 0.308 e. The van der Waals surface area contributed by atoms with Crippen molar-refractivity contribution in [2.45, 2.75) is 22.7 Å². The fourth-order valence-electron chi connectivity index (χ4n) is 5.19. The van der Waals surface area contributed by atoms with Gasteiger partial charge in [-0.1, -0.05) is 58.4 Å². The normalized spacial score (nSPS) is 19.4. The minimum Gasteiger partial charge on any atom is -0.497 e. The molecule has 1 N–H and O–H groups in total. The molecule has 0 aliphatic carbocycles. The second kappa shape index (κ2) is 11.2. The Bertz CT molecular complexity index is 1790. The Morgan fingerprint density at radius 2 is 1.69 bits per heavy atom. The SMILES string of the molecule is COc1ccc([C@@H]2c3sc(=O)n(CC(=O)Nc4ccc(Cl)c(Cl)c4)c3S[C@H]3C(=O)N(c4ccc(F)cc4)C(=O)[C@@H]23)cc1.